The second-order valence-electron chi connectivity index (χ2n) is 14.4. The van der Waals surface area contributed by atoms with Crippen molar-refractivity contribution in [1.29, 1.82) is 0 Å². The van der Waals surface area contributed by atoms with E-state index < -0.39 is 17.6 Å². The van der Waals surface area contributed by atoms with Crippen LogP contribution in [0.5, 0.6) is 11.5 Å². The third-order valence-corrected chi connectivity index (χ3v) is 9.12. The zero-order valence-corrected chi connectivity index (χ0v) is 32.2. The third-order valence-electron chi connectivity index (χ3n) is 9.12. The van der Waals surface area contributed by atoms with Gasteiger partial charge in [0, 0.05) is 50.5 Å². The van der Waals surface area contributed by atoms with Crippen LogP contribution in [0.4, 0.5) is 16.2 Å². The smallest absolute Gasteiger partial charge is 0.408 e. The van der Waals surface area contributed by atoms with Gasteiger partial charge in [0.1, 0.15) is 28.6 Å². The molecule has 3 aromatic carbocycles. The number of H-pyrrole nitrogens is 1. The average molecular weight is 753 g/mol. The van der Waals surface area contributed by atoms with Crippen molar-refractivity contribution in [3.8, 4) is 22.6 Å². The molecule has 5 rings (SSSR count). The molecular formula is C41H48N6O8. The van der Waals surface area contributed by atoms with E-state index in [9.17, 15) is 24.0 Å². The van der Waals surface area contributed by atoms with E-state index in [0.717, 1.165) is 12.0 Å². The standard InChI is InChI=1S/C41H48N6O8/c1-26-14-17-32(33(23-26)54-22-9-7-8-13-35(50)47-20-18-27(49)19-21-47)46(5)39(51)30-16-15-29(38(53-6)37(30)43-25-48)28-11-10-12-31-36(28)45-34(44-31)24-42-40(52)55-41(2,3)4/h10-12,14-17,23H,7-9,13,18-22,24H2,1-6H3,(H,42,52)(H,44,45). The molecule has 1 saturated heterocycles. The van der Waals surface area contributed by atoms with Gasteiger partial charge in [-0.15, -0.1) is 0 Å². The lowest BCUT2D eigenvalue weighted by molar-refractivity contribution is -0.134. The van der Waals surface area contributed by atoms with E-state index in [4.69, 9.17) is 19.2 Å². The molecular weight excluding hydrogens is 704 g/mol. The molecule has 0 spiro atoms. The van der Waals surface area contributed by atoms with Gasteiger partial charge in [0.25, 0.3) is 5.91 Å². The maximum atomic E-state index is 14.2. The summed E-state index contributed by atoms with van der Waals surface area (Å²) in [4.78, 5) is 77.2. The number of likely N-dealkylation sites (tertiary alicyclic amines) is 1. The van der Waals surface area contributed by atoms with E-state index in [2.05, 4.69) is 15.3 Å². The number of methoxy groups -OCH3 is 1. The van der Waals surface area contributed by atoms with E-state index in [1.165, 1.54) is 12.0 Å². The quantitative estimate of drug-likeness (QED) is 0.0786. The number of Topliss-reactive ketones (excluding diaryl/α,β-unsaturated/α-hetero) is 1. The largest absolute Gasteiger partial charge is 0.494 e. The van der Waals surface area contributed by atoms with Crippen LogP contribution in [-0.2, 0) is 25.7 Å². The van der Waals surface area contributed by atoms with Crippen molar-refractivity contribution < 1.29 is 38.2 Å². The van der Waals surface area contributed by atoms with Crippen LogP contribution in [0.3, 0.4) is 0 Å². The number of aliphatic imine (C=N–C) groups is 1. The van der Waals surface area contributed by atoms with Crippen LogP contribution in [0.2, 0.25) is 0 Å². The molecule has 0 aliphatic carbocycles. The minimum Gasteiger partial charge on any atom is -0.494 e. The summed E-state index contributed by atoms with van der Waals surface area (Å²) in [7, 11) is 3.05. The van der Waals surface area contributed by atoms with E-state index in [-0.39, 0.29) is 35.2 Å². The minimum absolute atomic E-state index is 0.00600. The predicted molar refractivity (Wildman–Crippen MR) is 208 cm³/mol. The number of nitrogens with zero attached hydrogens (tertiary/aromatic N) is 4. The molecule has 1 aliphatic heterocycles. The fourth-order valence-electron chi connectivity index (χ4n) is 6.38. The second-order valence-corrected chi connectivity index (χ2v) is 14.4. The van der Waals surface area contributed by atoms with Crippen LogP contribution in [-0.4, -0.2) is 84.1 Å². The number of aromatic amines is 1. The number of hydrogen-bond donors (Lipinski definition) is 2. The van der Waals surface area contributed by atoms with Gasteiger partial charge in [-0.1, -0.05) is 18.2 Å². The zero-order valence-electron chi connectivity index (χ0n) is 32.2. The number of aryl methyl sites for hydroxylation is 1. The highest BCUT2D eigenvalue weighted by Gasteiger charge is 2.26. The summed E-state index contributed by atoms with van der Waals surface area (Å²) in [5, 5.41) is 2.70. The first-order valence-electron chi connectivity index (χ1n) is 18.3. The molecule has 1 aliphatic rings. The van der Waals surface area contributed by atoms with Gasteiger partial charge >= 0.3 is 6.09 Å². The molecule has 0 saturated carbocycles. The maximum absolute atomic E-state index is 14.2. The highest BCUT2D eigenvalue weighted by molar-refractivity contribution is 6.11. The normalized spacial score (nSPS) is 12.9. The molecule has 55 heavy (non-hydrogen) atoms. The molecule has 2 N–H and O–H groups in total. The Hall–Kier alpha value is -6.01. The first-order chi connectivity index (χ1) is 26.3. The van der Waals surface area contributed by atoms with Gasteiger partial charge in [-0.05, 0) is 82.9 Å². The number of anilines is 1. The van der Waals surface area contributed by atoms with Crippen LogP contribution in [0.1, 0.15) is 81.0 Å². The Bertz CT molecular complexity index is 2100. The summed E-state index contributed by atoms with van der Waals surface area (Å²) in [6, 6.07) is 14.3. The molecule has 290 valence electrons. The number of alkyl carbamates (subject to hydrolysis) is 1. The molecule has 2 heterocycles. The van der Waals surface area contributed by atoms with Crippen molar-refractivity contribution in [2.75, 3.05) is 38.8 Å². The molecule has 14 heteroatoms. The number of aromatic nitrogens is 2. The number of ketones is 1. The molecule has 0 radical (unpaired) electrons. The summed E-state index contributed by atoms with van der Waals surface area (Å²) in [6.45, 7) is 8.75. The maximum Gasteiger partial charge on any atom is 0.408 e. The Kier molecular flexibility index (Phi) is 13.1. The predicted octanol–water partition coefficient (Wildman–Crippen LogP) is 6.95. The number of fused-ring (bicyclic) bond motifs is 1. The molecule has 1 aromatic heterocycles. The number of para-hydroxylation sites is 1. The third kappa shape index (κ3) is 10.2. The molecule has 0 bridgehead atoms. The van der Waals surface area contributed by atoms with Gasteiger partial charge in [-0.2, -0.15) is 4.99 Å². The number of hydrogen-bond acceptors (Lipinski definition) is 10. The fourth-order valence-corrected chi connectivity index (χ4v) is 6.38. The summed E-state index contributed by atoms with van der Waals surface area (Å²) in [5.74, 6) is 1.01. The van der Waals surface area contributed by atoms with Crippen LogP contribution in [0.15, 0.2) is 53.5 Å². The van der Waals surface area contributed by atoms with Crippen LogP contribution in [0.25, 0.3) is 22.2 Å². The number of unbranched alkanes of at least 4 members (excludes halogenated alkanes) is 2. The van der Waals surface area contributed by atoms with Gasteiger partial charge in [-0.3, -0.25) is 14.4 Å². The van der Waals surface area contributed by atoms with Crippen LogP contribution < -0.4 is 19.7 Å². The lowest BCUT2D eigenvalue weighted by atomic mass is 9.98. The van der Waals surface area contributed by atoms with E-state index in [1.807, 2.05) is 37.3 Å². The lowest BCUT2D eigenvalue weighted by Crippen LogP contribution is -2.38. The Balaban J connectivity index is 1.32. The Morgan fingerprint density at radius 1 is 1.04 bits per heavy atom. The van der Waals surface area contributed by atoms with E-state index in [1.54, 1.807) is 57.0 Å². The number of imidazole rings is 1. The van der Waals surface area contributed by atoms with Crippen molar-refractivity contribution in [3.63, 3.8) is 0 Å². The van der Waals surface area contributed by atoms with Gasteiger partial charge < -0.3 is 34.3 Å². The van der Waals surface area contributed by atoms with E-state index >= 15 is 0 Å². The Morgan fingerprint density at radius 3 is 2.51 bits per heavy atom. The Morgan fingerprint density at radius 2 is 1.80 bits per heavy atom. The topological polar surface area (TPSA) is 173 Å². The fraction of sp³-hybridized carbons (Fsp3) is 0.415. The number of carbonyl (C=O) groups is 4. The number of isocyanates is 1. The molecule has 3 amide bonds. The van der Waals surface area contributed by atoms with Gasteiger partial charge in [-0.25, -0.2) is 14.6 Å². The number of rotatable bonds is 14. The molecule has 14 nitrogen and oxygen atoms in total. The minimum atomic E-state index is -0.648. The van der Waals surface area contributed by atoms with E-state index in [0.29, 0.717) is 91.2 Å². The zero-order chi connectivity index (χ0) is 39.7. The first-order valence-corrected chi connectivity index (χ1v) is 18.3. The SMILES string of the molecule is COc1c(-c2cccc3[nH]c(CNC(=O)OC(C)(C)C)nc23)ccc(C(=O)N(C)c2ccc(C)cc2OCCCCCC(=O)N2CCC(=O)CC2)c1N=C=O. The van der Waals surface area contributed by atoms with Gasteiger partial charge in [0.05, 0.1) is 42.5 Å². The summed E-state index contributed by atoms with van der Waals surface area (Å²) < 4.78 is 17.3. The number of ether oxygens (including phenoxy) is 3. The first kappa shape index (κ1) is 40.2. The Labute approximate surface area is 320 Å². The van der Waals surface area contributed by atoms with Crippen molar-refractivity contribution in [1.82, 2.24) is 20.2 Å². The molecule has 0 atom stereocenters. The van der Waals surface area contributed by atoms with Crippen LogP contribution >= 0.6 is 0 Å². The molecule has 0 unspecified atom stereocenters. The number of piperidine rings is 1. The van der Waals surface area contributed by atoms with Crippen molar-refractivity contribution >= 4 is 52.2 Å². The number of carbonyl (C=O) groups excluding carboxylic acids is 5. The molecule has 1 fully saturated rings. The van der Waals surface area contributed by atoms with Crippen molar-refractivity contribution in [2.24, 2.45) is 4.99 Å². The monoisotopic (exact) mass is 752 g/mol. The van der Waals surface area contributed by atoms with Gasteiger partial charge in [0.2, 0.25) is 12.0 Å². The number of benzene rings is 3. The van der Waals surface area contributed by atoms with Gasteiger partial charge in [0.15, 0.2) is 5.75 Å². The summed E-state index contributed by atoms with van der Waals surface area (Å²) in [5.41, 5.74) is 3.37. The van der Waals surface area contributed by atoms with Crippen molar-refractivity contribution in [3.05, 3.63) is 65.5 Å². The number of nitrogens with one attached hydrogen (secondary N) is 2. The highest BCUT2D eigenvalue weighted by atomic mass is 16.6. The highest BCUT2D eigenvalue weighted by Crippen LogP contribution is 2.43. The molecule has 4 aromatic rings. The second kappa shape index (κ2) is 17.9. The summed E-state index contributed by atoms with van der Waals surface area (Å²) >= 11 is 0. The van der Waals surface area contributed by atoms with Crippen molar-refractivity contribution in [2.45, 2.75) is 78.4 Å². The lowest BCUT2D eigenvalue weighted by Gasteiger charge is -2.26. The summed E-state index contributed by atoms with van der Waals surface area (Å²) in [6.07, 6.45) is 4.50. The number of amides is 3. The average Bonchev–Trinajstić information content (AvgIpc) is 3.58. The van der Waals surface area contributed by atoms with Crippen LogP contribution in [0, 0.1) is 6.92 Å².